The molecule has 1 fully saturated rings. The Balaban J connectivity index is 1.56. The number of nitrogens with zero attached hydrogens (tertiary/aromatic N) is 2. The summed E-state index contributed by atoms with van der Waals surface area (Å²) < 4.78 is 62.0. The van der Waals surface area contributed by atoms with Crippen molar-refractivity contribution in [3.05, 3.63) is 53.7 Å². The van der Waals surface area contributed by atoms with Gasteiger partial charge in [0.2, 0.25) is 5.91 Å². The summed E-state index contributed by atoms with van der Waals surface area (Å²) in [5, 5.41) is 16.4. The molecule has 3 unspecified atom stereocenters. The Morgan fingerprint density at radius 2 is 1.98 bits per heavy atom. The predicted octanol–water partition coefficient (Wildman–Crippen LogP) is 4.56. The van der Waals surface area contributed by atoms with E-state index < -0.39 is 42.7 Å². The largest absolute Gasteiger partial charge is 0.495 e. The number of piperidine rings is 1. The van der Waals surface area contributed by atoms with E-state index in [4.69, 9.17) is 10.5 Å². The van der Waals surface area contributed by atoms with Gasteiger partial charge in [-0.3, -0.25) is 9.59 Å². The first-order valence-corrected chi connectivity index (χ1v) is 14.1. The summed E-state index contributed by atoms with van der Waals surface area (Å²) in [4.78, 5) is 24.8. The molecular formula is C31H35F4N5O4. The van der Waals surface area contributed by atoms with Crippen molar-refractivity contribution >= 4 is 34.2 Å². The van der Waals surface area contributed by atoms with Crippen molar-refractivity contribution in [2.75, 3.05) is 44.4 Å². The molecule has 4 rings (SSSR count). The molecule has 236 valence electrons. The van der Waals surface area contributed by atoms with Gasteiger partial charge in [-0.2, -0.15) is 13.2 Å². The number of carbonyl (C=O) groups excluding carboxylic acids is 1. The van der Waals surface area contributed by atoms with E-state index in [2.05, 4.69) is 22.5 Å². The SMILES string of the molecule is COc1cc(C(CCC(N)=O)C(=O)O)ccc1NCC#Cc1cc2c(NC3CCN(C)CC3F)cccc2n1CC(F)(F)F. The number of anilines is 2. The number of halogens is 4. The Hall–Kier alpha value is -4.44. The van der Waals surface area contributed by atoms with Crippen molar-refractivity contribution in [3.8, 4) is 17.6 Å². The third-order valence-electron chi connectivity index (χ3n) is 7.56. The number of carboxylic acid groups (broad SMARTS) is 1. The number of likely N-dealkylation sites (tertiary alicyclic amines) is 1. The van der Waals surface area contributed by atoms with Crippen LogP contribution in [-0.2, 0) is 16.1 Å². The molecule has 1 amide bonds. The average Bonchev–Trinajstić information content (AvgIpc) is 3.29. The number of aromatic nitrogens is 1. The van der Waals surface area contributed by atoms with Crippen LogP contribution in [0.5, 0.6) is 5.75 Å². The van der Waals surface area contributed by atoms with Crippen LogP contribution in [0.25, 0.3) is 10.9 Å². The van der Waals surface area contributed by atoms with E-state index in [0.29, 0.717) is 46.6 Å². The summed E-state index contributed by atoms with van der Waals surface area (Å²) in [5.41, 5.74) is 7.11. The van der Waals surface area contributed by atoms with Gasteiger partial charge in [0, 0.05) is 30.6 Å². The Morgan fingerprint density at radius 3 is 2.64 bits per heavy atom. The van der Waals surface area contributed by atoms with Gasteiger partial charge in [-0.05, 0) is 61.7 Å². The highest BCUT2D eigenvalue weighted by atomic mass is 19.4. The topological polar surface area (TPSA) is 122 Å². The highest BCUT2D eigenvalue weighted by molar-refractivity contribution is 5.94. The minimum absolute atomic E-state index is 0.0294. The molecule has 0 bridgehead atoms. The molecule has 3 aromatic rings. The van der Waals surface area contributed by atoms with Crippen molar-refractivity contribution in [3.63, 3.8) is 0 Å². The van der Waals surface area contributed by atoms with E-state index >= 15 is 0 Å². The second-order valence-corrected chi connectivity index (χ2v) is 10.8. The number of benzene rings is 2. The van der Waals surface area contributed by atoms with E-state index in [-0.39, 0.29) is 31.6 Å². The van der Waals surface area contributed by atoms with Crippen molar-refractivity contribution < 1.29 is 37.0 Å². The van der Waals surface area contributed by atoms with Crippen LogP contribution in [0.2, 0.25) is 0 Å². The first kappa shape index (κ1) is 32.5. The van der Waals surface area contributed by atoms with Crippen LogP contribution in [0.3, 0.4) is 0 Å². The van der Waals surface area contributed by atoms with Crippen LogP contribution in [0.15, 0.2) is 42.5 Å². The summed E-state index contributed by atoms with van der Waals surface area (Å²) in [6.45, 7) is -0.226. The first-order valence-electron chi connectivity index (χ1n) is 14.1. The smallest absolute Gasteiger partial charge is 0.406 e. The summed E-state index contributed by atoms with van der Waals surface area (Å²) in [7, 11) is 3.25. The molecule has 44 heavy (non-hydrogen) atoms. The van der Waals surface area contributed by atoms with Gasteiger partial charge in [0.05, 0.1) is 42.5 Å². The van der Waals surface area contributed by atoms with Crippen LogP contribution < -0.4 is 21.1 Å². The normalized spacial score (nSPS) is 17.9. The molecule has 1 aliphatic heterocycles. The fraction of sp³-hybridized carbons (Fsp3) is 0.419. The van der Waals surface area contributed by atoms with Crippen LogP contribution in [0, 0.1) is 11.8 Å². The summed E-state index contributed by atoms with van der Waals surface area (Å²) in [6, 6.07) is 10.8. The predicted molar refractivity (Wildman–Crippen MR) is 160 cm³/mol. The number of amides is 1. The number of methoxy groups -OCH3 is 1. The number of aliphatic carboxylic acids is 1. The molecule has 1 aliphatic rings. The number of fused-ring (bicyclic) bond motifs is 1. The van der Waals surface area contributed by atoms with Crippen LogP contribution in [0.1, 0.15) is 36.4 Å². The standard InChI is InChI=1S/C31H35F4N5O4/c1-39-14-12-25(23(32)17-39)38-24-6-3-7-27-22(24)16-20(40(27)18-31(33,34)35)5-4-13-37-26-10-8-19(15-28(26)44-2)21(30(42)43)9-11-29(36)41/h3,6-8,10,15-16,21,23,25,37-38H,9,11-14,17-18H2,1-2H3,(H2,36,41)(H,42,43). The summed E-state index contributed by atoms with van der Waals surface area (Å²) in [6.07, 6.45) is -5.12. The molecule has 3 atom stereocenters. The highest BCUT2D eigenvalue weighted by Gasteiger charge is 2.31. The second kappa shape index (κ2) is 13.9. The summed E-state index contributed by atoms with van der Waals surface area (Å²) in [5.74, 6) is 3.34. The summed E-state index contributed by atoms with van der Waals surface area (Å²) >= 11 is 0. The number of carbonyl (C=O) groups is 2. The van der Waals surface area contributed by atoms with E-state index in [9.17, 15) is 32.3 Å². The van der Waals surface area contributed by atoms with Gasteiger partial charge < -0.3 is 35.7 Å². The molecule has 13 heteroatoms. The number of rotatable bonds is 11. The van der Waals surface area contributed by atoms with Crippen LogP contribution >= 0.6 is 0 Å². The lowest BCUT2D eigenvalue weighted by Crippen LogP contribution is -2.46. The van der Waals surface area contributed by atoms with E-state index in [1.54, 1.807) is 36.4 Å². The Labute approximate surface area is 252 Å². The molecule has 2 aromatic carbocycles. The van der Waals surface area contributed by atoms with Crippen molar-refractivity contribution in [2.24, 2.45) is 5.73 Å². The molecule has 0 spiro atoms. The molecule has 5 N–H and O–H groups in total. The third-order valence-corrected chi connectivity index (χ3v) is 7.56. The molecule has 0 saturated carbocycles. The number of ether oxygens (including phenoxy) is 1. The number of primary amides is 1. The maximum absolute atomic E-state index is 14.7. The van der Waals surface area contributed by atoms with E-state index in [1.807, 2.05) is 11.9 Å². The zero-order valence-corrected chi connectivity index (χ0v) is 24.4. The molecular weight excluding hydrogens is 582 g/mol. The number of nitrogens with one attached hydrogen (secondary N) is 2. The maximum atomic E-state index is 14.7. The number of carboxylic acids is 1. The fourth-order valence-electron chi connectivity index (χ4n) is 5.35. The zero-order chi connectivity index (χ0) is 32.0. The van der Waals surface area contributed by atoms with E-state index in [1.165, 1.54) is 13.2 Å². The third kappa shape index (κ3) is 8.13. The number of nitrogens with two attached hydrogens (primary N) is 1. The average molecular weight is 618 g/mol. The van der Waals surface area contributed by atoms with Crippen LogP contribution in [0.4, 0.5) is 28.9 Å². The van der Waals surface area contributed by atoms with Gasteiger partial charge in [-0.15, -0.1) is 0 Å². The van der Waals surface area contributed by atoms with Gasteiger partial charge >= 0.3 is 12.1 Å². The number of hydrogen-bond donors (Lipinski definition) is 4. The van der Waals surface area contributed by atoms with Crippen molar-refractivity contribution in [1.29, 1.82) is 0 Å². The lowest BCUT2D eigenvalue weighted by Gasteiger charge is -2.33. The Bertz CT molecular complexity index is 1560. The zero-order valence-electron chi connectivity index (χ0n) is 24.4. The minimum Gasteiger partial charge on any atom is -0.495 e. The first-order chi connectivity index (χ1) is 20.9. The molecule has 1 aromatic heterocycles. The monoisotopic (exact) mass is 617 g/mol. The van der Waals surface area contributed by atoms with E-state index in [0.717, 1.165) is 4.57 Å². The number of alkyl halides is 4. The van der Waals surface area contributed by atoms with Crippen molar-refractivity contribution in [2.45, 2.75) is 50.1 Å². The molecule has 9 nitrogen and oxygen atoms in total. The van der Waals surface area contributed by atoms with Gasteiger partial charge in [0.25, 0.3) is 0 Å². The van der Waals surface area contributed by atoms with Crippen molar-refractivity contribution in [1.82, 2.24) is 9.47 Å². The fourth-order valence-corrected chi connectivity index (χ4v) is 5.35. The molecule has 1 saturated heterocycles. The van der Waals surface area contributed by atoms with Gasteiger partial charge in [-0.1, -0.05) is 18.1 Å². The quantitative estimate of drug-likeness (QED) is 0.184. The minimum atomic E-state index is -4.50. The van der Waals surface area contributed by atoms with Gasteiger partial charge in [0.15, 0.2) is 0 Å². The Kier molecular flexibility index (Phi) is 10.3. The Morgan fingerprint density at radius 1 is 1.20 bits per heavy atom. The lowest BCUT2D eigenvalue weighted by atomic mass is 9.93. The lowest BCUT2D eigenvalue weighted by molar-refractivity contribution is -0.140. The maximum Gasteiger partial charge on any atom is 0.406 e. The molecule has 2 heterocycles. The van der Waals surface area contributed by atoms with Crippen LogP contribution in [-0.4, -0.2) is 78.6 Å². The highest BCUT2D eigenvalue weighted by Crippen LogP contribution is 2.33. The molecule has 0 radical (unpaired) electrons. The number of hydrogen-bond acceptors (Lipinski definition) is 6. The van der Waals surface area contributed by atoms with Gasteiger partial charge in [0.1, 0.15) is 18.5 Å². The molecule has 0 aliphatic carbocycles. The van der Waals surface area contributed by atoms with Gasteiger partial charge in [-0.25, -0.2) is 4.39 Å². The second-order valence-electron chi connectivity index (χ2n) is 10.8.